The molecule has 0 atom stereocenters. The Morgan fingerprint density at radius 3 is 2.62 bits per heavy atom. The van der Waals surface area contributed by atoms with E-state index in [1.54, 1.807) is 20.0 Å². The number of ether oxygens (including phenoxy) is 3. The highest BCUT2D eigenvalue weighted by Crippen LogP contribution is 2.22. The molecule has 0 radical (unpaired) electrons. The predicted molar refractivity (Wildman–Crippen MR) is 84.5 cm³/mol. The summed E-state index contributed by atoms with van der Waals surface area (Å²) in [5.41, 5.74) is 0.142. The van der Waals surface area contributed by atoms with Crippen LogP contribution in [0.5, 0.6) is 11.6 Å². The topological polar surface area (TPSA) is 105 Å². The number of aryl methyl sites for hydroxylation is 1. The van der Waals surface area contributed by atoms with Crippen LogP contribution in [0.15, 0.2) is 18.3 Å². The minimum absolute atomic E-state index is 0.0667. The maximum absolute atomic E-state index is 12.5. The number of pyridine rings is 1. The fourth-order valence-electron chi connectivity index (χ4n) is 2.01. The Hall–Kier alpha value is -3.10. The molecule has 0 unspecified atom stereocenters. The number of rotatable bonds is 6. The zero-order valence-corrected chi connectivity index (χ0v) is 13.8. The van der Waals surface area contributed by atoms with E-state index >= 15 is 0 Å². The molecule has 24 heavy (non-hydrogen) atoms. The second kappa shape index (κ2) is 7.44. The summed E-state index contributed by atoms with van der Waals surface area (Å²) in [6, 6.07) is 3.10. The molecule has 2 aromatic heterocycles. The molecule has 2 heterocycles. The van der Waals surface area contributed by atoms with Crippen molar-refractivity contribution < 1.29 is 23.8 Å². The van der Waals surface area contributed by atoms with Crippen LogP contribution in [0.3, 0.4) is 0 Å². The fourth-order valence-corrected chi connectivity index (χ4v) is 2.01. The monoisotopic (exact) mass is 334 g/mol. The zero-order chi connectivity index (χ0) is 17.7. The van der Waals surface area contributed by atoms with E-state index < -0.39 is 11.9 Å². The van der Waals surface area contributed by atoms with E-state index in [1.807, 2.05) is 0 Å². The van der Waals surface area contributed by atoms with Gasteiger partial charge in [0.05, 0.1) is 27.0 Å². The highest BCUT2D eigenvalue weighted by Gasteiger charge is 2.23. The molecule has 1 N–H and O–H groups in total. The number of hydrogen-bond donors (Lipinski definition) is 1. The van der Waals surface area contributed by atoms with Gasteiger partial charge in [-0.3, -0.25) is 9.48 Å². The normalized spacial score (nSPS) is 10.2. The number of aromatic nitrogens is 3. The first-order valence-corrected chi connectivity index (χ1v) is 7.10. The number of hydrogen-bond acceptors (Lipinski definition) is 7. The second-order valence-electron chi connectivity index (χ2n) is 4.64. The van der Waals surface area contributed by atoms with E-state index in [9.17, 15) is 9.59 Å². The molecule has 0 spiro atoms. The highest BCUT2D eigenvalue weighted by atomic mass is 16.5. The Labute approximate surface area is 138 Å². The first kappa shape index (κ1) is 17.3. The second-order valence-corrected chi connectivity index (χ2v) is 4.64. The standard InChI is InChI=1S/C15H18N4O5/c1-5-24-15(21)10-8-16-19(2)13(10)14(20)18-11-6-9(22-3)7-12(17-11)23-4/h6-8H,5H2,1-4H3,(H,17,18,20). The number of nitrogens with one attached hydrogen (secondary N) is 1. The van der Waals surface area contributed by atoms with Crippen molar-refractivity contribution in [3.63, 3.8) is 0 Å². The Balaban J connectivity index is 2.31. The van der Waals surface area contributed by atoms with E-state index in [1.165, 1.54) is 31.2 Å². The maximum atomic E-state index is 12.5. The number of carbonyl (C=O) groups is 2. The van der Waals surface area contributed by atoms with Crippen LogP contribution in [0.2, 0.25) is 0 Å². The van der Waals surface area contributed by atoms with E-state index in [-0.39, 0.29) is 29.6 Å². The maximum Gasteiger partial charge on any atom is 0.342 e. The van der Waals surface area contributed by atoms with Crippen molar-refractivity contribution >= 4 is 17.7 Å². The summed E-state index contributed by atoms with van der Waals surface area (Å²) in [6.45, 7) is 1.88. The SMILES string of the molecule is CCOC(=O)c1cnn(C)c1C(=O)Nc1cc(OC)cc(OC)n1. The lowest BCUT2D eigenvalue weighted by atomic mass is 10.2. The Morgan fingerprint density at radius 2 is 2.00 bits per heavy atom. The van der Waals surface area contributed by atoms with Crippen LogP contribution in [0.25, 0.3) is 0 Å². The van der Waals surface area contributed by atoms with Crippen LogP contribution >= 0.6 is 0 Å². The van der Waals surface area contributed by atoms with Crippen LogP contribution in [-0.4, -0.2) is 47.5 Å². The highest BCUT2D eigenvalue weighted by molar-refractivity contribution is 6.09. The number of methoxy groups -OCH3 is 2. The van der Waals surface area contributed by atoms with Crippen molar-refractivity contribution in [2.75, 3.05) is 26.1 Å². The zero-order valence-electron chi connectivity index (χ0n) is 13.8. The van der Waals surface area contributed by atoms with Crippen molar-refractivity contribution in [1.29, 1.82) is 0 Å². The van der Waals surface area contributed by atoms with Crippen molar-refractivity contribution in [3.8, 4) is 11.6 Å². The molecule has 0 fully saturated rings. The minimum atomic E-state index is -0.619. The molecular formula is C15H18N4O5. The van der Waals surface area contributed by atoms with E-state index in [2.05, 4.69) is 15.4 Å². The lowest BCUT2D eigenvalue weighted by Crippen LogP contribution is -2.20. The molecule has 128 valence electrons. The predicted octanol–water partition coefficient (Wildman–Crippen LogP) is 1.26. The molecule has 0 bridgehead atoms. The van der Waals surface area contributed by atoms with Gasteiger partial charge in [0.2, 0.25) is 5.88 Å². The van der Waals surface area contributed by atoms with Gasteiger partial charge in [-0.25, -0.2) is 4.79 Å². The molecule has 2 rings (SSSR count). The van der Waals surface area contributed by atoms with Crippen LogP contribution in [-0.2, 0) is 11.8 Å². The number of carbonyl (C=O) groups excluding carboxylic acids is 2. The molecule has 2 aromatic rings. The summed E-state index contributed by atoms with van der Waals surface area (Å²) < 4.78 is 16.4. The number of esters is 1. The molecular weight excluding hydrogens is 316 g/mol. The Kier molecular flexibility index (Phi) is 5.35. The smallest absolute Gasteiger partial charge is 0.342 e. The van der Waals surface area contributed by atoms with Crippen molar-refractivity contribution in [1.82, 2.24) is 14.8 Å². The molecule has 0 aliphatic heterocycles. The van der Waals surface area contributed by atoms with Gasteiger partial charge in [-0.05, 0) is 6.92 Å². The third-order valence-electron chi connectivity index (χ3n) is 3.11. The summed E-state index contributed by atoms with van der Waals surface area (Å²) in [6.07, 6.45) is 1.28. The molecule has 0 aliphatic carbocycles. The third-order valence-corrected chi connectivity index (χ3v) is 3.11. The van der Waals surface area contributed by atoms with Crippen LogP contribution in [0, 0.1) is 0 Å². The summed E-state index contributed by atoms with van der Waals surface area (Å²) in [5.74, 6) is -0.215. The summed E-state index contributed by atoms with van der Waals surface area (Å²) in [4.78, 5) is 28.6. The molecule has 9 heteroatoms. The van der Waals surface area contributed by atoms with Crippen molar-refractivity contribution in [3.05, 3.63) is 29.6 Å². The molecule has 1 amide bonds. The van der Waals surface area contributed by atoms with Gasteiger partial charge in [0.1, 0.15) is 22.8 Å². The minimum Gasteiger partial charge on any atom is -0.496 e. The quantitative estimate of drug-likeness (QED) is 0.793. The number of anilines is 1. The van der Waals surface area contributed by atoms with E-state index in [0.29, 0.717) is 5.75 Å². The van der Waals surface area contributed by atoms with Gasteiger partial charge in [-0.2, -0.15) is 10.1 Å². The van der Waals surface area contributed by atoms with Gasteiger partial charge in [0, 0.05) is 19.2 Å². The number of amides is 1. The third kappa shape index (κ3) is 3.62. The van der Waals surface area contributed by atoms with Crippen molar-refractivity contribution in [2.24, 2.45) is 7.05 Å². The van der Waals surface area contributed by atoms with Crippen molar-refractivity contribution in [2.45, 2.75) is 6.92 Å². The molecule has 9 nitrogen and oxygen atoms in total. The average molecular weight is 334 g/mol. The molecule has 0 saturated heterocycles. The summed E-state index contributed by atoms with van der Waals surface area (Å²) in [5, 5.41) is 6.53. The fraction of sp³-hybridized carbons (Fsp3) is 0.333. The molecule has 0 aromatic carbocycles. The first-order valence-electron chi connectivity index (χ1n) is 7.10. The summed E-state index contributed by atoms with van der Waals surface area (Å²) >= 11 is 0. The van der Waals surface area contributed by atoms with Crippen LogP contribution in [0.4, 0.5) is 5.82 Å². The van der Waals surface area contributed by atoms with E-state index in [0.717, 1.165) is 0 Å². The molecule has 0 aliphatic rings. The van der Waals surface area contributed by atoms with Gasteiger partial charge < -0.3 is 19.5 Å². The Morgan fingerprint density at radius 1 is 1.25 bits per heavy atom. The van der Waals surface area contributed by atoms with E-state index in [4.69, 9.17) is 14.2 Å². The van der Waals surface area contributed by atoms with Gasteiger partial charge >= 0.3 is 5.97 Å². The van der Waals surface area contributed by atoms with Gasteiger partial charge in [0.15, 0.2) is 0 Å². The van der Waals surface area contributed by atoms with Gasteiger partial charge in [0.25, 0.3) is 5.91 Å². The summed E-state index contributed by atoms with van der Waals surface area (Å²) in [7, 11) is 4.49. The van der Waals surface area contributed by atoms with Crippen LogP contribution < -0.4 is 14.8 Å². The Bertz CT molecular complexity index is 734. The molecule has 0 saturated carbocycles. The number of nitrogens with zero attached hydrogens (tertiary/aromatic N) is 3. The lowest BCUT2D eigenvalue weighted by Gasteiger charge is -2.10. The van der Waals surface area contributed by atoms with Crippen LogP contribution in [0.1, 0.15) is 27.8 Å². The van der Waals surface area contributed by atoms with Gasteiger partial charge in [-0.1, -0.05) is 0 Å². The average Bonchev–Trinajstić information content (AvgIpc) is 2.96. The first-order chi connectivity index (χ1) is 11.5. The lowest BCUT2D eigenvalue weighted by molar-refractivity contribution is 0.0523. The largest absolute Gasteiger partial charge is 0.496 e. The van der Waals surface area contributed by atoms with Gasteiger partial charge in [-0.15, -0.1) is 0 Å².